The summed E-state index contributed by atoms with van der Waals surface area (Å²) in [5.41, 5.74) is 0.762. The van der Waals surface area contributed by atoms with Gasteiger partial charge < -0.3 is 9.84 Å². The molecule has 19 heavy (non-hydrogen) atoms. The molecule has 0 radical (unpaired) electrons. The fraction of sp³-hybridized carbons (Fsp3) is 0.750. The third-order valence-corrected chi connectivity index (χ3v) is 3.25. The number of carboxylic acid groups (broad SMARTS) is 1. The highest BCUT2D eigenvalue weighted by Gasteiger charge is 2.21. The molecule has 106 valence electrons. The number of nitrogens with zero attached hydrogens (tertiary/aromatic N) is 4. The molecule has 7 heteroatoms. The summed E-state index contributed by atoms with van der Waals surface area (Å²) in [6, 6.07) is 0. The highest BCUT2D eigenvalue weighted by molar-refractivity contribution is 5.86. The molecule has 0 bridgehead atoms. The zero-order chi connectivity index (χ0) is 13.8. The van der Waals surface area contributed by atoms with Crippen LogP contribution >= 0.6 is 0 Å². The Kier molecular flexibility index (Phi) is 4.49. The smallest absolute Gasteiger partial charge is 0.358 e. The van der Waals surface area contributed by atoms with Crippen LogP contribution in [0.3, 0.4) is 0 Å². The van der Waals surface area contributed by atoms with Crippen LogP contribution < -0.4 is 0 Å². The molecular weight excluding hydrogens is 248 g/mol. The molecule has 0 aliphatic carbocycles. The molecule has 1 aliphatic rings. The Labute approximate surface area is 112 Å². The van der Waals surface area contributed by atoms with Gasteiger partial charge in [-0.05, 0) is 5.92 Å². The van der Waals surface area contributed by atoms with E-state index in [4.69, 9.17) is 9.84 Å². The van der Waals surface area contributed by atoms with Gasteiger partial charge in [0.05, 0.1) is 25.5 Å². The van der Waals surface area contributed by atoms with Crippen LogP contribution in [0.25, 0.3) is 0 Å². The predicted octanol–water partition coefficient (Wildman–Crippen LogP) is 0.432. The Morgan fingerprint density at radius 2 is 2.05 bits per heavy atom. The molecule has 1 aliphatic heterocycles. The van der Waals surface area contributed by atoms with Crippen molar-refractivity contribution in [2.75, 3.05) is 32.8 Å². The summed E-state index contributed by atoms with van der Waals surface area (Å²) in [5, 5.41) is 16.8. The quantitative estimate of drug-likeness (QED) is 0.834. The minimum atomic E-state index is -1.01. The summed E-state index contributed by atoms with van der Waals surface area (Å²) in [6.45, 7) is 8.75. The van der Waals surface area contributed by atoms with Gasteiger partial charge in [-0.2, -0.15) is 0 Å². The average Bonchev–Trinajstić information content (AvgIpc) is 2.81. The standard InChI is InChI=1S/C12H20N4O3/c1-9(2)11-10(12(17)18)13-14-16(11)4-3-15-5-7-19-8-6-15/h9H,3-8H2,1-2H3,(H,17,18). The molecule has 2 rings (SSSR count). The lowest BCUT2D eigenvalue weighted by Crippen LogP contribution is -2.38. The SMILES string of the molecule is CC(C)c1c(C(=O)O)nnn1CCN1CCOCC1. The lowest BCUT2D eigenvalue weighted by atomic mass is 10.1. The summed E-state index contributed by atoms with van der Waals surface area (Å²) in [4.78, 5) is 13.4. The first-order chi connectivity index (χ1) is 9.09. The number of hydrogen-bond donors (Lipinski definition) is 1. The average molecular weight is 268 g/mol. The number of carboxylic acids is 1. The van der Waals surface area contributed by atoms with E-state index in [-0.39, 0.29) is 11.6 Å². The Balaban J connectivity index is 2.05. The Morgan fingerprint density at radius 3 is 2.63 bits per heavy atom. The fourth-order valence-electron chi connectivity index (χ4n) is 2.27. The van der Waals surface area contributed by atoms with Crippen molar-refractivity contribution < 1.29 is 14.6 Å². The maximum absolute atomic E-state index is 11.1. The van der Waals surface area contributed by atoms with Crippen molar-refractivity contribution in [1.29, 1.82) is 0 Å². The number of ether oxygens (including phenoxy) is 1. The van der Waals surface area contributed by atoms with Gasteiger partial charge in [0.25, 0.3) is 0 Å². The van der Waals surface area contributed by atoms with Gasteiger partial charge in [0.1, 0.15) is 0 Å². The van der Waals surface area contributed by atoms with Gasteiger partial charge in [-0.3, -0.25) is 4.90 Å². The van der Waals surface area contributed by atoms with E-state index in [0.717, 1.165) is 32.8 Å². The van der Waals surface area contributed by atoms with Crippen molar-refractivity contribution >= 4 is 5.97 Å². The van der Waals surface area contributed by atoms with Crippen molar-refractivity contribution in [3.05, 3.63) is 11.4 Å². The van der Waals surface area contributed by atoms with E-state index >= 15 is 0 Å². The largest absolute Gasteiger partial charge is 0.476 e. The van der Waals surface area contributed by atoms with Crippen molar-refractivity contribution in [1.82, 2.24) is 19.9 Å². The Bertz CT molecular complexity index is 438. The van der Waals surface area contributed by atoms with E-state index < -0.39 is 5.97 Å². The van der Waals surface area contributed by atoms with Gasteiger partial charge in [0.2, 0.25) is 0 Å². The number of rotatable bonds is 5. The lowest BCUT2D eigenvalue weighted by molar-refractivity contribution is 0.0358. The molecule has 1 saturated heterocycles. The molecule has 2 heterocycles. The van der Waals surface area contributed by atoms with Gasteiger partial charge in [-0.25, -0.2) is 9.48 Å². The molecule has 1 N–H and O–H groups in total. The summed E-state index contributed by atoms with van der Waals surface area (Å²) in [7, 11) is 0. The van der Waals surface area contributed by atoms with E-state index in [1.54, 1.807) is 4.68 Å². The molecule has 0 saturated carbocycles. The second-order valence-electron chi connectivity index (χ2n) is 4.96. The number of aromatic nitrogens is 3. The summed E-state index contributed by atoms with van der Waals surface area (Å²) >= 11 is 0. The first-order valence-electron chi connectivity index (χ1n) is 6.56. The highest BCUT2D eigenvalue weighted by Crippen LogP contribution is 2.17. The first-order valence-corrected chi connectivity index (χ1v) is 6.56. The van der Waals surface area contributed by atoms with E-state index in [0.29, 0.717) is 12.2 Å². The van der Waals surface area contributed by atoms with E-state index in [1.165, 1.54) is 0 Å². The molecule has 7 nitrogen and oxygen atoms in total. The third-order valence-electron chi connectivity index (χ3n) is 3.25. The molecule has 0 spiro atoms. The minimum absolute atomic E-state index is 0.0666. The van der Waals surface area contributed by atoms with Crippen molar-refractivity contribution in [3.8, 4) is 0 Å². The number of hydrogen-bond acceptors (Lipinski definition) is 5. The van der Waals surface area contributed by atoms with Gasteiger partial charge in [0, 0.05) is 19.6 Å². The second-order valence-corrected chi connectivity index (χ2v) is 4.96. The predicted molar refractivity (Wildman–Crippen MR) is 68.3 cm³/mol. The van der Waals surface area contributed by atoms with Gasteiger partial charge in [-0.1, -0.05) is 19.1 Å². The molecule has 1 aromatic rings. The van der Waals surface area contributed by atoms with Gasteiger partial charge >= 0.3 is 5.97 Å². The van der Waals surface area contributed by atoms with Gasteiger partial charge in [0.15, 0.2) is 5.69 Å². The van der Waals surface area contributed by atoms with Gasteiger partial charge in [-0.15, -0.1) is 5.10 Å². The van der Waals surface area contributed by atoms with Crippen LogP contribution in [0, 0.1) is 0 Å². The molecule has 0 unspecified atom stereocenters. The molecule has 0 aromatic carbocycles. The normalized spacial score (nSPS) is 17.0. The van der Waals surface area contributed by atoms with Crippen molar-refractivity contribution in [3.63, 3.8) is 0 Å². The van der Waals surface area contributed by atoms with Crippen LogP contribution in [0.1, 0.15) is 35.9 Å². The Morgan fingerprint density at radius 1 is 1.37 bits per heavy atom. The molecule has 0 amide bonds. The van der Waals surface area contributed by atoms with Crippen LogP contribution in [-0.2, 0) is 11.3 Å². The van der Waals surface area contributed by atoms with Crippen molar-refractivity contribution in [2.24, 2.45) is 0 Å². The fourth-order valence-corrected chi connectivity index (χ4v) is 2.27. The highest BCUT2D eigenvalue weighted by atomic mass is 16.5. The maximum atomic E-state index is 11.1. The molecule has 1 fully saturated rings. The topological polar surface area (TPSA) is 80.5 Å². The summed E-state index contributed by atoms with van der Waals surface area (Å²) in [5.74, 6) is -0.924. The van der Waals surface area contributed by atoms with Crippen LogP contribution in [0.5, 0.6) is 0 Å². The minimum Gasteiger partial charge on any atom is -0.476 e. The summed E-state index contributed by atoms with van der Waals surface area (Å²) in [6.07, 6.45) is 0. The molecule has 1 aromatic heterocycles. The Hall–Kier alpha value is -1.47. The second kappa shape index (κ2) is 6.12. The zero-order valence-electron chi connectivity index (χ0n) is 11.4. The monoisotopic (exact) mass is 268 g/mol. The number of aromatic carboxylic acids is 1. The zero-order valence-corrected chi connectivity index (χ0v) is 11.4. The van der Waals surface area contributed by atoms with Crippen LogP contribution in [-0.4, -0.2) is 63.8 Å². The number of carbonyl (C=O) groups is 1. The molecular formula is C12H20N4O3. The lowest BCUT2D eigenvalue weighted by Gasteiger charge is -2.26. The van der Waals surface area contributed by atoms with E-state index in [9.17, 15) is 4.79 Å². The number of morpholine rings is 1. The molecule has 0 atom stereocenters. The van der Waals surface area contributed by atoms with Crippen LogP contribution in [0.15, 0.2) is 0 Å². The van der Waals surface area contributed by atoms with E-state index in [2.05, 4.69) is 15.2 Å². The van der Waals surface area contributed by atoms with Crippen LogP contribution in [0.4, 0.5) is 0 Å². The summed E-state index contributed by atoms with van der Waals surface area (Å²) < 4.78 is 7.01. The maximum Gasteiger partial charge on any atom is 0.358 e. The third kappa shape index (κ3) is 3.30. The van der Waals surface area contributed by atoms with Crippen molar-refractivity contribution in [2.45, 2.75) is 26.3 Å². The van der Waals surface area contributed by atoms with Crippen LogP contribution in [0.2, 0.25) is 0 Å². The first kappa shape index (κ1) is 14.0. The van der Waals surface area contributed by atoms with E-state index in [1.807, 2.05) is 13.8 Å².